The SMILES string of the molecule is O=C(NCC#Cc1cc(F)cc(Br)c1)OCc1ccccc1. The van der Waals surface area contributed by atoms with Crippen LogP contribution in [0.25, 0.3) is 0 Å². The summed E-state index contributed by atoms with van der Waals surface area (Å²) in [6.45, 7) is 0.332. The van der Waals surface area contributed by atoms with Crippen molar-refractivity contribution in [1.29, 1.82) is 0 Å². The number of hydrogen-bond donors (Lipinski definition) is 1. The van der Waals surface area contributed by atoms with Crippen molar-refractivity contribution < 1.29 is 13.9 Å². The molecule has 2 aromatic rings. The van der Waals surface area contributed by atoms with Crippen LogP contribution in [-0.2, 0) is 11.3 Å². The Kier molecular flexibility index (Phi) is 5.99. The minimum absolute atomic E-state index is 0.127. The third-order valence-corrected chi connectivity index (χ3v) is 3.09. The summed E-state index contributed by atoms with van der Waals surface area (Å²) in [6.07, 6.45) is -0.543. The molecule has 0 saturated carbocycles. The van der Waals surface area contributed by atoms with Crippen molar-refractivity contribution in [3.05, 3.63) is 69.9 Å². The van der Waals surface area contributed by atoms with Gasteiger partial charge in [-0.1, -0.05) is 58.1 Å². The van der Waals surface area contributed by atoms with Crippen LogP contribution in [0.2, 0.25) is 0 Å². The summed E-state index contributed by atoms with van der Waals surface area (Å²) in [6, 6.07) is 13.8. The molecule has 0 aliphatic rings. The number of carbonyl (C=O) groups is 1. The lowest BCUT2D eigenvalue weighted by atomic mass is 10.2. The molecule has 0 radical (unpaired) electrons. The number of halogens is 2. The Labute approximate surface area is 136 Å². The Morgan fingerprint density at radius 1 is 1.23 bits per heavy atom. The summed E-state index contributed by atoms with van der Waals surface area (Å²) in [7, 11) is 0. The van der Waals surface area contributed by atoms with Crippen LogP contribution in [0.4, 0.5) is 9.18 Å². The van der Waals surface area contributed by atoms with Crippen LogP contribution >= 0.6 is 15.9 Å². The minimum Gasteiger partial charge on any atom is -0.445 e. The largest absolute Gasteiger partial charge is 0.445 e. The first-order valence-corrected chi connectivity index (χ1v) is 7.32. The van der Waals surface area contributed by atoms with E-state index in [4.69, 9.17) is 4.74 Å². The van der Waals surface area contributed by atoms with Crippen molar-refractivity contribution in [3.8, 4) is 11.8 Å². The summed E-state index contributed by atoms with van der Waals surface area (Å²) in [5.74, 6) is 5.13. The van der Waals surface area contributed by atoms with Gasteiger partial charge in [0.2, 0.25) is 0 Å². The van der Waals surface area contributed by atoms with E-state index in [1.54, 1.807) is 6.07 Å². The lowest BCUT2D eigenvalue weighted by molar-refractivity contribution is 0.141. The van der Waals surface area contributed by atoms with Crippen molar-refractivity contribution in [2.45, 2.75) is 6.61 Å². The van der Waals surface area contributed by atoms with Crippen LogP contribution in [0.5, 0.6) is 0 Å². The van der Waals surface area contributed by atoms with Crippen LogP contribution in [0.3, 0.4) is 0 Å². The van der Waals surface area contributed by atoms with E-state index in [1.807, 2.05) is 30.3 Å². The molecule has 3 nitrogen and oxygen atoms in total. The van der Waals surface area contributed by atoms with Gasteiger partial charge in [0.1, 0.15) is 12.4 Å². The molecular formula is C17H13BrFNO2. The fourth-order valence-electron chi connectivity index (χ4n) is 1.66. The molecule has 0 bridgehead atoms. The Balaban J connectivity index is 1.76. The van der Waals surface area contributed by atoms with Gasteiger partial charge in [-0.3, -0.25) is 0 Å². The van der Waals surface area contributed by atoms with E-state index in [1.165, 1.54) is 12.1 Å². The topological polar surface area (TPSA) is 38.3 Å². The number of rotatable bonds is 3. The Bertz CT molecular complexity index is 687. The molecule has 22 heavy (non-hydrogen) atoms. The zero-order valence-corrected chi connectivity index (χ0v) is 13.2. The van der Waals surface area contributed by atoms with Gasteiger partial charge in [0.25, 0.3) is 0 Å². The molecule has 0 atom stereocenters. The zero-order chi connectivity index (χ0) is 15.8. The molecule has 1 amide bonds. The van der Waals surface area contributed by atoms with Crippen molar-refractivity contribution >= 4 is 22.0 Å². The highest BCUT2D eigenvalue weighted by molar-refractivity contribution is 9.10. The molecule has 0 fully saturated rings. The summed E-state index contributed by atoms with van der Waals surface area (Å²) in [5.41, 5.74) is 1.44. The van der Waals surface area contributed by atoms with Crippen LogP contribution in [0.15, 0.2) is 53.0 Å². The van der Waals surface area contributed by atoms with E-state index in [9.17, 15) is 9.18 Å². The Hall–Kier alpha value is -2.32. The third-order valence-electron chi connectivity index (χ3n) is 2.63. The molecule has 112 valence electrons. The van der Waals surface area contributed by atoms with E-state index in [-0.39, 0.29) is 19.0 Å². The number of alkyl carbamates (subject to hydrolysis) is 1. The van der Waals surface area contributed by atoms with Gasteiger partial charge in [-0.05, 0) is 23.8 Å². The zero-order valence-electron chi connectivity index (χ0n) is 11.6. The van der Waals surface area contributed by atoms with Gasteiger partial charge in [-0.2, -0.15) is 0 Å². The second-order valence-electron chi connectivity index (χ2n) is 4.38. The van der Waals surface area contributed by atoms with Crippen molar-refractivity contribution in [1.82, 2.24) is 5.32 Å². The van der Waals surface area contributed by atoms with Crippen molar-refractivity contribution in [2.75, 3.05) is 6.54 Å². The standard InChI is InChI=1S/C17H13BrFNO2/c18-15-9-14(10-16(19)11-15)7-4-8-20-17(21)22-12-13-5-2-1-3-6-13/h1-3,5-6,9-11H,8,12H2,(H,20,21). The maximum absolute atomic E-state index is 13.1. The first-order valence-electron chi connectivity index (χ1n) is 6.53. The van der Waals surface area contributed by atoms with Gasteiger partial charge in [0, 0.05) is 10.0 Å². The highest BCUT2D eigenvalue weighted by atomic mass is 79.9. The quantitative estimate of drug-likeness (QED) is 0.842. The predicted octanol–water partition coefficient (Wildman–Crippen LogP) is 3.87. The minimum atomic E-state index is -0.543. The fourth-order valence-corrected chi connectivity index (χ4v) is 2.13. The second kappa shape index (κ2) is 8.20. The number of carbonyl (C=O) groups excluding carboxylic acids is 1. The van der Waals surface area contributed by atoms with Crippen LogP contribution in [0, 0.1) is 17.7 Å². The van der Waals surface area contributed by atoms with E-state index in [2.05, 4.69) is 33.1 Å². The monoisotopic (exact) mass is 361 g/mol. The van der Waals surface area contributed by atoms with Gasteiger partial charge in [0.15, 0.2) is 0 Å². The fraction of sp³-hybridized carbons (Fsp3) is 0.118. The normalized spacial score (nSPS) is 9.55. The summed E-state index contributed by atoms with van der Waals surface area (Å²) in [5, 5.41) is 2.51. The molecule has 0 heterocycles. The second-order valence-corrected chi connectivity index (χ2v) is 5.29. The first-order chi connectivity index (χ1) is 10.6. The van der Waals surface area contributed by atoms with Crippen molar-refractivity contribution in [2.24, 2.45) is 0 Å². The Morgan fingerprint density at radius 2 is 2.00 bits per heavy atom. The molecule has 0 saturated heterocycles. The summed E-state index contributed by atoms with van der Waals surface area (Å²) < 4.78 is 18.8. The number of hydrogen-bond acceptors (Lipinski definition) is 2. The number of benzene rings is 2. The first kappa shape index (κ1) is 16.1. The molecular weight excluding hydrogens is 349 g/mol. The molecule has 2 rings (SSSR count). The predicted molar refractivity (Wildman–Crippen MR) is 85.6 cm³/mol. The molecule has 5 heteroatoms. The van der Waals surface area contributed by atoms with E-state index < -0.39 is 6.09 Å². The number of amides is 1. The average molecular weight is 362 g/mol. The van der Waals surface area contributed by atoms with Crippen LogP contribution in [-0.4, -0.2) is 12.6 Å². The maximum atomic E-state index is 13.1. The maximum Gasteiger partial charge on any atom is 0.408 e. The van der Waals surface area contributed by atoms with Gasteiger partial charge in [0.05, 0.1) is 6.54 Å². The van der Waals surface area contributed by atoms with Gasteiger partial charge in [-0.25, -0.2) is 9.18 Å². The number of nitrogens with one attached hydrogen (secondary N) is 1. The molecule has 0 unspecified atom stereocenters. The molecule has 0 aliphatic heterocycles. The van der Waals surface area contributed by atoms with Gasteiger partial charge >= 0.3 is 6.09 Å². The molecule has 0 spiro atoms. The van der Waals surface area contributed by atoms with Gasteiger partial charge in [-0.15, -0.1) is 0 Å². The molecule has 2 aromatic carbocycles. The van der Waals surface area contributed by atoms with E-state index in [0.29, 0.717) is 10.0 Å². The van der Waals surface area contributed by atoms with Crippen LogP contribution < -0.4 is 5.32 Å². The van der Waals surface area contributed by atoms with E-state index >= 15 is 0 Å². The lowest BCUT2D eigenvalue weighted by Crippen LogP contribution is -2.24. The Morgan fingerprint density at radius 3 is 2.73 bits per heavy atom. The van der Waals surface area contributed by atoms with Crippen molar-refractivity contribution in [3.63, 3.8) is 0 Å². The highest BCUT2D eigenvalue weighted by Crippen LogP contribution is 2.13. The van der Waals surface area contributed by atoms with E-state index in [0.717, 1.165) is 5.56 Å². The average Bonchev–Trinajstić information content (AvgIpc) is 2.50. The molecule has 0 aliphatic carbocycles. The highest BCUT2D eigenvalue weighted by Gasteiger charge is 2.00. The lowest BCUT2D eigenvalue weighted by Gasteiger charge is -2.04. The summed E-state index contributed by atoms with van der Waals surface area (Å²) >= 11 is 3.19. The van der Waals surface area contributed by atoms with Gasteiger partial charge < -0.3 is 10.1 Å². The summed E-state index contributed by atoms with van der Waals surface area (Å²) in [4.78, 5) is 11.5. The third kappa shape index (κ3) is 5.58. The molecule has 0 aromatic heterocycles. The smallest absolute Gasteiger partial charge is 0.408 e. The number of ether oxygens (including phenoxy) is 1. The van der Waals surface area contributed by atoms with Crippen LogP contribution in [0.1, 0.15) is 11.1 Å². The molecule has 1 N–H and O–H groups in total.